The van der Waals surface area contributed by atoms with E-state index in [1.807, 2.05) is 32.9 Å². The molecule has 1 heterocycles. The van der Waals surface area contributed by atoms with Gasteiger partial charge in [-0.05, 0) is 31.9 Å². The molecule has 18 heavy (non-hydrogen) atoms. The number of hydrogen-bond donors (Lipinski definition) is 1. The Hall–Kier alpha value is -1.81. The molecule has 2 rings (SSSR count). The van der Waals surface area contributed by atoms with Crippen molar-refractivity contribution in [1.29, 1.82) is 0 Å². The maximum Gasteiger partial charge on any atom is 0.248 e. The van der Waals surface area contributed by atoms with Gasteiger partial charge in [0.05, 0.1) is 19.3 Å². The fourth-order valence-electron chi connectivity index (χ4n) is 1.89. The number of amides is 1. The summed E-state index contributed by atoms with van der Waals surface area (Å²) in [4.78, 5) is 16.5. The van der Waals surface area contributed by atoms with Crippen LogP contribution in [0.1, 0.15) is 23.6 Å². The first-order valence-electron chi connectivity index (χ1n) is 6.00. The fraction of sp³-hybridized carbons (Fsp3) is 0.357. The van der Waals surface area contributed by atoms with Crippen molar-refractivity contribution in [2.45, 2.75) is 27.2 Å². The van der Waals surface area contributed by atoms with E-state index < -0.39 is 0 Å². The van der Waals surface area contributed by atoms with Crippen molar-refractivity contribution in [2.75, 3.05) is 6.61 Å². The van der Waals surface area contributed by atoms with E-state index in [4.69, 9.17) is 9.25 Å². The lowest BCUT2D eigenvalue weighted by molar-refractivity contribution is -0.132. The molecule has 1 N–H and O–H groups in total. The average molecular weight is 247 g/mol. The molecule has 4 heteroatoms. The Labute approximate surface area is 106 Å². The van der Waals surface area contributed by atoms with E-state index >= 15 is 0 Å². The third-order valence-electron chi connectivity index (χ3n) is 3.02. The Morgan fingerprint density at radius 2 is 2.17 bits per heavy atom. The van der Waals surface area contributed by atoms with Crippen molar-refractivity contribution < 1.29 is 14.0 Å². The summed E-state index contributed by atoms with van der Waals surface area (Å²) in [6.07, 6.45) is 1.90. The van der Waals surface area contributed by atoms with Gasteiger partial charge >= 0.3 is 0 Å². The van der Waals surface area contributed by atoms with Crippen molar-refractivity contribution in [3.05, 3.63) is 35.1 Å². The minimum Gasteiger partial charge on any atom is -0.464 e. The van der Waals surface area contributed by atoms with E-state index in [1.165, 1.54) is 5.56 Å². The number of rotatable bonds is 4. The van der Waals surface area contributed by atoms with Crippen molar-refractivity contribution in [3.8, 4) is 0 Å². The predicted molar refractivity (Wildman–Crippen MR) is 69.2 cm³/mol. The van der Waals surface area contributed by atoms with Gasteiger partial charge < -0.3 is 4.42 Å². The van der Waals surface area contributed by atoms with Crippen molar-refractivity contribution >= 4 is 16.9 Å². The number of furan rings is 1. The number of hydroxylamine groups is 1. The molecule has 0 spiro atoms. The number of nitrogens with one attached hydrogen (secondary N) is 1. The maximum atomic E-state index is 11.6. The molecule has 0 unspecified atom stereocenters. The topological polar surface area (TPSA) is 51.5 Å². The SMILES string of the molecule is CCONC(=O)Cc1coc2c(C)c(C)ccc12. The Balaban J connectivity index is 2.25. The summed E-state index contributed by atoms with van der Waals surface area (Å²) in [5.74, 6) is -0.169. The van der Waals surface area contributed by atoms with Gasteiger partial charge in [0, 0.05) is 10.9 Å². The first-order valence-corrected chi connectivity index (χ1v) is 6.00. The normalized spacial score (nSPS) is 10.8. The molecule has 1 aromatic heterocycles. The highest BCUT2D eigenvalue weighted by molar-refractivity contribution is 5.89. The Morgan fingerprint density at radius 3 is 2.89 bits per heavy atom. The second kappa shape index (κ2) is 5.23. The quantitative estimate of drug-likeness (QED) is 0.845. The van der Waals surface area contributed by atoms with Gasteiger partial charge in [-0.25, -0.2) is 5.48 Å². The van der Waals surface area contributed by atoms with Gasteiger partial charge in [0.1, 0.15) is 5.58 Å². The molecule has 0 fully saturated rings. The number of fused-ring (bicyclic) bond motifs is 1. The predicted octanol–water partition coefficient (Wildman–Crippen LogP) is 2.66. The first kappa shape index (κ1) is 12.6. The van der Waals surface area contributed by atoms with E-state index in [-0.39, 0.29) is 12.3 Å². The van der Waals surface area contributed by atoms with Gasteiger partial charge in [0.25, 0.3) is 0 Å². The minimum atomic E-state index is -0.169. The van der Waals surface area contributed by atoms with Crippen molar-refractivity contribution in [2.24, 2.45) is 0 Å². The number of carbonyl (C=O) groups excluding carboxylic acids is 1. The second-order valence-corrected chi connectivity index (χ2v) is 4.28. The maximum absolute atomic E-state index is 11.6. The van der Waals surface area contributed by atoms with Crippen molar-refractivity contribution in [3.63, 3.8) is 0 Å². The summed E-state index contributed by atoms with van der Waals surface area (Å²) < 4.78 is 5.55. The Bertz CT molecular complexity index is 572. The molecule has 96 valence electrons. The molecule has 1 aromatic carbocycles. The molecular formula is C14H17NO3. The third kappa shape index (κ3) is 2.38. The second-order valence-electron chi connectivity index (χ2n) is 4.28. The Kier molecular flexibility index (Phi) is 3.67. The zero-order valence-corrected chi connectivity index (χ0v) is 10.9. The molecular weight excluding hydrogens is 230 g/mol. The summed E-state index contributed by atoms with van der Waals surface area (Å²) in [7, 11) is 0. The molecule has 0 bridgehead atoms. The standard InChI is InChI=1S/C14H17NO3/c1-4-18-15-13(16)7-11-8-17-14-10(3)9(2)5-6-12(11)14/h5-6,8H,4,7H2,1-3H3,(H,15,16). The molecule has 0 aliphatic rings. The summed E-state index contributed by atoms with van der Waals surface area (Å²) in [5, 5.41) is 0.991. The molecule has 0 aliphatic carbocycles. The van der Waals surface area contributed by atoms with Gasteiger partial charge in [-0.2, -0.15) is 0 Å². The van der Waals surface area contributed by atoms with Crippen LogP contribution in [0.15, 0.2) is 22.8 Å². The largest absolute Gasteiger partial charge is 0.464 e. The van der Waals surface area contributed by atoms with Crippen LogP contribution in [0, 0.1) is 13.8 Å². The van der Waals surface area contributed by atoms with Crippen LogP contribution in [-0.4, -0.2) is 12.5 Å². The molecule has 0 saturated heterocycles. The van der Waals surface area contributed by atoms with E-state index in [0.29, 0.717) is 6.61 Å². The lowest BCUT2D eigenvalue weighted by atomic mass is 10.0. The van der Waals surface area contributed by atoms with Gasteiger partial charge in [0.2, 0.25) is 5.91 Å². The van der Waals surface area contributed by atoms with Crippen molar-refractivity contribution in [1.82, 2.24) is 5.48 Å². The zero-order valence-electron chi connectivity index (χ0n) is 10.9. The van der Waals surface area contributed by atoms with Crippen LogP contribution in [0.4, 0.5) is 0 Å². The summed E-state index contributed by atoms with van der Waals surface area (Å²) in [6, 6.07) is 4.03. The molecule has 0 aliphatic heterocycles. The number of benzene rings is 1. The summed E-state index contributed by atoms with van der Waals surface area (Å²) in [5.41, 5.74) is 6.41. The average Bonchev–Trinajstić information content (AvgIpc) is 2.75. The summed E-state index contributed by atoms with van der Waals surface area (Å²) >= 11 is 0. The third-order valence-corrected chi connectivity index (χ3v) is 3.02. The van der Waals surface area contributed by atoms with E-state index in [9.17, 15) is 4.79 Å². The zero-order chi connectivity index (χ0) is 13.1. The van der Waals surface area contributed by atoms with Crippen LogP contribution in [0.2, 0.25) is 0 Å². The Morgan fingerprint density at radius 1 is 1.39 bits per heavy atom. The minimum absolute atomic E-state index is 0.169. The molecule has 0 saturated carbocycles. The molecule has 0 atom stereocenters. The van der Waals surface area contributed by atoms with Crippen LogP contribution in [-0.2, 0) is 16.1 Å². The van der Waals surface area contributed by atoms with Crippen LogP contribution in [0.5, 0.6) is 0 Å². The van der Waals surface area contributed by atoms with Gasteiger partial charge in [0.15, 0.2) is 0 Å². The number of hydrogen-bond acceptors (Lipinski definition) is 3. The highest BCUT2D eigenvalue weighted by Gasteiger charge is 2.12. The first-order chi connectivity index (χ1) is 8.63. The van der Waals surface area contributed by atoms with E-state index in [0.717, 1.165) is 22.1 Å². The van der Waals surface area contributed by atoms with Crippen LogP contribution < -0.4 is 5.48 Å². The molecule has 0 radical (unpaired) electrons. The smallest absolute Gasteiger partial charge is 0.248 e. The lowest BCUT2D eigenvalue weighted by Gasteiger charge is -2.03. The molecule has 2 aromatic rings. The van der Waals surface area contributed by atoms with Gasteiger partial charge in [-0.1, -0.05) is 12.1 Å². The monoisotopic (exact) mass is 247 g/mol. The van der Waals surface area contributed by atoms with Crippen LogP contribution in [0.3, 0.4) is 0 Å². The van der Waals surface area contributed by atoms with Gasteiger partial charge in [-0.15, -0.1) is 0 Å². The summed E-state index contributed by atoms with van der Waals surface area (Å²) in [6.45, 7) is 6.33. The van der Waals surface area contributed by atoms with Gasteiger partial charge in [-0.3, -0.25) is 9.63 Å². The molecule has 4 nitrogen and oxygen atoms in total. The van der Waals surface area contributed by atoms with Crippen LogP contribution in [0.25, 0.3) is 11.0 Å². The van der Waals surface area contributed by atoms with E-state index in [2.05, 4.69) is 5.48 Å². The highest BCUT2D eigenvalue weighted by Crippen LogP contribution is 2.26. The fourth-order valence-corrected chi connectivity index (χ4v) is 1.89. The highest BCUT2D eigenvalue weighted by atomic mass is 16.6. The lowest BCUT2D eigenvalue weighted by Crippen LogP contribution is -2.25. The van der Waals surface area contributed by atoms with E-state index in [1.54, 1.807) is 6.26 Å². The molecule has 1 amide bonds. The number of carbonyl (C=O) groups is 1. The number of aryl methyl sites for hydroxylation is 2. The van der Waals surface area contributed by atoms with Crippen LogP contribution >= 0.6 is 0 Å².